The number of ether oxygens (including phenoxy) is 1. The molecule has 0 unspecified atom stereocenters. The van der Waals surface area contributed by atoms with Crippen LogP contribution in [0.2, 0.25) is 5.02 Å². The summed E-state index contributed by atoms with van der Waals surface area (Å²) in [6.45, 7) is 2.24. The van der Waals surface area contributed by atoms with Gasteiger partial charge in [0.2, 0.25) is 5.91 Å². The molecule has 0 aliphatic carbocycles. The Labute approximate surface area is 185 Å². The average Bonchev–Trinajstić information content (AvgIpc) is 3.18. The van der Waals surface area contributed by atoms with Crippen molar-refractivity contribution in [1.29, 1.82) is 0 Å². The van der Waals surface area contributed by atoms with Crippen molar-refractivity contribution in [2.75, 3.05) is 11.9 Å². The first-order chi connectivity index (χ1) is 15.0. The standard InChI is InChI=1S/C22H17ClFN3O3S/c1-2-30-15-6-3-13(4-7-15)16-11-31-21-20(16)22(29)27(12-25-21)10-19(28)26-14-5-8-18(24)17(23)9-14/h3-9,11-12H,2,10H2,1H3,(H,26,28). The van der Waals surface area contributed by atoms with Gasteiger partial charge in [-0.15, -0.1) is 11.3 Å². The van der Waals surface area contributed by atoms with Crippen molar-refractivity contribution in [1.82, 2.24) is 9.55 Å². The van der Waals surface area contributed by atoms with Crippen LogP contribution in [0.3, 0.4) is 0 Å². The molecule has 0 bridgehead atoms. The lowest BCUT2D eigenvalue weighted by Crippen LogP contribution is -2.27. The van der Waals surface area contributed by atoms with Crippen LogP contribution in [0.25, 0.3) is 21.3 Å². The number of hydrogen-bond donors (Lipinski definition) is 1. The zero-order chi connectivity index (χ0) is 22.0. The molecular weight excluding hydrogens is 441 g/mol. The highest BCUT2D eigenvalue weighted by atomic mass is 35.5. The highest BCUT2D eigenvalue weighted by Gasteiger charge is 2.15. The van der Waals surface area contributed by atoms with E-state index in [9.17, 15) is 14.0 Å². The molecule has 0 saturated carbocycles. The van der Waals surface area contributed by atoms with Crippen LogP contribution in [0, 0.1) is 5.82 Å². The van der Waals surface area contributed by atoms with Crippen LogP contribution in [0.5, 0.6) is 5.75 Å². The van der Waals surface area contributed by atoms with Crippen LogP contribution in [-0.4, -0.2) is 22.1 Å². The molecule has 0 aliphatic heterocycles. The van der Waals surface area contributed by atoms with Crippen molar-refractivity contribution in [3.8, 4) is 16.9 Å². The molecule has 9 heteroatoms. The lowest BCUT2D eigenvalue weighted by molar-refractivity contribution is -0.116. The quantitative estimate of drug-likeness (QED) is 0.444. The Morgan fingerprint density at radius 1 is 1.26 bits per heavy atom. The third-order valence-electron chi connectivity index (χ3n) is 4.55. The molecule has 0 saturated heterocycles. The maximum Gasteiger partial charge on any atom is 0.263 e. The molecule has 4 rings (SSSR count). The first-order valence-corrected chi connectivity index (χ1v) is 10.7. The van der Waals surface area contributed by atoms with Gasteiger partial charge in [-0.2, -0.15) is 0 Å². The predicted molar refractivity (Wildman–Crippen MR) is 121 cm³/mol. The van der Waals surface area contributed by atoms with Gasteiger partial charge in [-0.1, -0.05) is 23.7 Å². The molecule has 2 heterocycles. The molecule has 0 atom stereocenters. The summed E-state index contributed by atoms with van der Waals surface area (Å²) in [5, 5.41) is 4.83. The lowest BCUT2D eigenvalue weighted by atomic mass is 10.1. The Morgan fingerprint density at radius 3 is 2.74 bits per heavy atom. The van der Waals surface area contributed by atoms with Crippen LogP contribution in [0.1, 0.15) is 6.92 Å². The number of amides is 1. The van der Waals surface area contributed by atoms with E-state index in [4.69, 9.17) is 16.3 Å². The highest BCUT2D eigenvalue weighted by molar-refractivity contribution is 7.17. The maximum atomic E-state index is 13.3. The van der Waals surface area contributed by atoms with E-state index in [-0.39, 0.29) is 17.1 Å². The molecule has 2 aromatic carbocycles. The number of benzene rings is 2. The minimum absolute atomic E-state index is 0.101. The second kappa shape index (κ2) is 8.87. The fraction of sp³-hybridized carbons (Fsp3) is 0.136. The number of aromatic nitrogens is 2. The normalized spacial score (nSPS) is 10.9. The molecule has 0 spiro atoms. The summed E-state index contributed by atoms with van der Waals surface area (Å²) in [6.07, 6.45) is 1.35. The molecular formula is C22H17ClFN3O3S. The second-order valence-electron chi connectivity index (χ2n) is 6.64. The number of carbonyl (C=O) groups is 1. The Kier molecular flexibility index (Phi) is 6.01. The van der Waals surface area contributed by atoms with E-state index in [0.717, 1.165) is 22.9 Å². The number of rotatable bonds is 6. The van der Waals surface area contributed by atoms with Crippen LogP contribution in [0.4, 0.5) is 10.1 Å². The van der Waals surface area contributed by atoms with E-state index < -0.39 is 11.7 Å². The number of thiophene rings is 1. The molecule has 4 aromatic rings. The van der Waals surface area contributed by atoms with Gasteiger partial charge in [0.1, 0.15) is 22.9 Å². The van der Waals surface area contributed by atoms with Crippen molar-refractivity contribution in [2.45, 2.75) is 13.5 Å². The summed E-state index contributed by atoms with van der Waals surface area (Å²) >= 11 is 7.10. The average molecular weight is 458 g/mol. The number of fused-ring (bicyclic) bond motifs is 1. The van der Waals surface area contributed by atoms with E-state index in [0.29, 0.717) is 22.5 Å². The Morgan fingerprint density at radius 2 is 2.03 bits per heavy atom. The van der Waals surface area contributed by atoms with Gasteiger partial charge in [0.25, 0.3) is 5.56 Å². The smallest absolute Gasteiger partial charge is 0.263 e. The van der Waals surface area contributed by atoms with E-state index in [1.807, 2.05) is 36.6 Å². The first-order valence-electron chi connectivity index (χ1n) is 9.41. The van der Waals surface area contributed by atoms with Gasteiger partial charge in [0.05, 0.1) is 23.3 Å². The molecule has 2 aromatic heterocycles. The van der Waals surface area contributed by atoms with Gasteiger partial charge in [-0.3, -0.25) is 14.2 Å². The van der Waals surface area contributed by atoms with Gasteiger partial charge >= 0.3 is 0 Å². The summed E-state index contributed by atoms with van der Waals surface area (Å²) in [5.74, 6) is -0.285. The minimum Gasteiger partial charge on any atom is -0.494 e. The fourth-order valence-corrected chi connectivity index (χ4v) is 4.21. The molecule has 1 amide bonds. The predicted octanol–water partition coefficient (Wildman–Crippen LogP) is 4.95. The van der Waals surface area contributed by atoms with Gasteiger partial charge in [-0.25, -0.2) is 9.37 Å². The van der Waals surface area contributed by atoms with Crippen LogP contribution in [-0.2, 0) is 11.3 Å². The molecule has 0 aliphatic rings. The van der Waals surface area contributed by atoms with Crippen LogP contribution in [0.15, 0.2) is 59.0 Å². The number of hydrogen-bond acceptors (Lipinski definition) is 5. The zero-order valence-corrected chi connectivity index (χ0v) is 18.0. The van der Waals surface area contributed by atoms with Crippen molar-refractivity contribution in [3.05, 3.63) is 75.4 Å². The van der Waals surface area contributed by atoms with Crippen LogP contribution < -0.4 is 15.6 Å². The Hall–Kier alpha value is -3.23. The summed E-state index contributed by atoms with van der Waals surface area (Å²) in [5.41, 5.74) is 1.63. The SMILES string of the molecule is CCOc1ccc(-c2csc3ncn(CC(=O)Nc4ccc(F)c(Cl)c4)c(=O)c23)cc1. The van der Waals surface area contributed by atoms with E-state index in [2.05, 4.69) is 10.3 Å². The molecule has 0 radical (unpaired) electrons. The van der Waals surface area contributed by atoms with Gasteiger partial charge < -0.3 is 10.1 Å². The van der Waals surface area contributed by atoms with Crippen molar-refractivity contribution < 1.29 is 13.9 Å². The van der Waals surface area contributed by atoms with Crippen LogP contribution >= 0.6 is 22.9 Å². The van der Waals surface area contributed by atoms with Gasteiger partial charge in [0.15, 0.2) is 0 Å². The first kappa shape index (κ1) is 21.0. The number of nitrogens with one attached hydrogen (secondary N) is 1. The number of anilines is 1. The van der Waals surface area contributed by atoms with E-state index in [1.165, 1.54) is 34.4 Å². The van der Waals surface area contributed by atoms with E-state index >= 15 is 0 Å². The highest BCUT2D eigenvalue weighted by Crippen LogP contribution is 2.31. The van der Waals surface area contributed by atoms with Crippen molar-refractivity contribution in [3.63, 3.8) is 0 Å². The largest absolute Gasteiger partial charge is 0.494 e. The minimum atomic E-state index is -0.579. The monoisotopic (exact) mass is 457 g/mol. The topological polar surface area (TPSA) is 73.2 Å². The fourth-order valence-electron chi connectivity index (χ4n) is 3.12. The summed E-state index contributed by atoms with van der Waals surface area (Å²) < 4.78 is 20.0. The summed E-state index contributed by atoms with van der Waals surface area (Å²) in [7, 11) is 0. The number of halogens is 2. The molecule has 0 fully saturated rings. The molecule has 31 heavy (non-hydrogen) atoms. The second-order valence-corrected chi connectivity index (χ2v) is 7.91. The Bertz CT molecular complexity index is 1320. The third kappa shape index (κ3) is 4.45. The molecule has 6 nitrogen and oxygen atoms in total. The zero-order valence-electron chi connectivity index (χ0n) is 16.4. The Balaban J connectivity index is 1.61. The summed E-state index contributed by atoms with van der Waals surface area (Å²) in [4.78, 5) is 30.4. The number of carbonyl (C=O) groups excluding carboxylic acids is 1. The number of nitrogens with zero attached hydrogens (tertiary/aromatic N) is 2. The third-order valence-corrected chi connectivity index (χ3v) is 5.73. The molecule has 1 N–H and O–H groups in total. The van der Waals surface area contributed by atoms with Crippen molar-refractivity contribution >= 4 is 44.7 Å². The lowest BCUT2D eigenvalue weighted by Gasteiger charge is -2.08. The summed E-state index contributed by atoms with van der Waals surface area (Å²) in [6, 6.07) is 11.3. The van der Waals surface area contributed by atoms with Crippen molar-refractivity contribution in [2.24, 2.45) is 0 Å². The molecule has 158 valence electrons. The van der Waals surface area contributed by atoms with Gasteiger partial charge in [-0.05, 0) is 42.8 Å². The maximum absolute atomic E-state index is 13.3. The van der Waals surface area contributed by atoms with E-state index in [1.54, 1.807) is 0 Å². The van der Waals surface area contributed by atoms with Gasteiger partial charge in [0, 0.05) is 16.6 Å².